The quantitative estimate of drug-likeness (QED) is 0.257. The Hall–Kier alpha value is -3.18. The Morgan fingerprint density at radius 3 is 0.771 bits per heavy atom. The zero-order chi connectivity index (χ0) is 37.4. The number of cyclic esters (lactones) is 3. The van der Waals surface area contributed by atoms with Gasteiger partial charge < -0.3 is 28.9 Å². The Morgan fingerprint density at radius 1 is 0.438 bits per heavy atom. The molecule has 0 saturated carbocycles. The fraction of sp³-hybridized carbons (Fsp3) is 0.833. The average molecular weight is 682 g/mol. The summed E-state index contributed by atoms with van der Waals surface area (Å²) in [5.41, 5.74) is 0. The van der Waals surface area contributed by atoms with Crippen LogP contribution in [0.3, 0.4) is 0 Å². The summed E-state index contributed by atoms with van der Waals surface area (Å²) in [4.78, 5) is 87.8. The first kappa shape index (κ1) is 42.8. The van der Waals surface area contributed by atoms with Gasteiger partial charge in [0.1, 0.15) is 18.1 Å². The normalized spacial score (nSPS) is 28.2. The lowest BCUT2D eigenvalue weighted by Crippen LogP contribution is -2.58. The number of esters is 3. The van der Waals surface area contributed by atoms with Crippen molar-refractivity contribution in [1.82, 2.24) is 14.7 Å². The van der Waals surface area contributed by atoms with Gasteiger partial charge in [-0.1, -0.05) is 102 Å². The van der Waals surface area contributed by atoms with Crippen LogP contribution >= 0.6 is 0 Å². The van der Waals surface area contributed by atoms with E-state index in [-0.39, 0.29) is 17.8 Å². The van der Waals surface area contributed by atoms with Crippen LogP contribution in [0.5, 0.6) is 0 Å². The highest BCUT2D eigenvalue weighted by molar-refractivity contribution is 5.94. The van der Waals surface area contributed by atoms with E-state index in [0.717, 1.165) is 0 Å². The Morgan fingerprint density at radius 2 is 0.625 bits per heavy atom. The predicted molar refractivity (Wildman–Crippen MR) is 182 cm³/mol. The minimum atomic E-state index is -1.28. The summed E-state index contributed by atoms with van der Waals surface area (Å²) in [5.74, 6) is -6.73. The van der Waals surface area contributed by atoms with E-state index < -0.39 is 89.8 Å². The first-order valence-electron chi connectivity index (χ1n) is 17.6. The summed E-state index contributed by atoms with van der Waals surface area (Å²) in [6.07, 6.45) is -2.32. The minimum Gasteiger partial charge on any atom is -0.450 e. The van der Waals surface area contributed by atoms with Crippen LogP contribution in [0.15, 0.2) is 0 Å². The van der Waals surface area contributed by atoms with E-state index in [1.165, 1.54) is 35.8 Å². The van der Waals surface area contributed by atoms with Crippen molar-refractivity contribution >= 4 is 35.6 Å². The van der Waals surface area contributed by atoms with E-state index in [0.29, 0.717) is 19.3 Å². The molecule has 48 heavy (non-hydrogen) atoms. The van der Waals surface area contributed by atoms with Gasteiger partial charge in [-0.3, -0.25) is 14.4 Å². The molecule has 3 amide bonds. The van der Waals surface area contributed by atoms with Crippen LogP contribution < -0.4 is 0 Å². The molecule has 12 heteroatoms. The maximum atomic E-state index is 14.1. The highest BCUT2D eigenvalue weighted by Gasteiger charge is 2.46. The molecule has 1 saturated heterocycles. The first-order chi connectivity index (χ1) is 22.2. The molecule has 1 rings (SSSR count). The average Bonchev–Trinajstić information content (AvgIpc) is 3.02. The van der Waals surface area contributed by atoms with Crippen molar-refractivity contribution in [3.05, 3.63) is 0 Å². The first-order valence-corrected chi connectivity index (χ1v) is 17.6. The molecule has 1 aliphatic heterocycles. The van der Waals surface area contributed by atoms with Gasteiger partial charge in [0.05, 0.1) is 0 Å². The van der Waals surface area contributed by atoms with Gasteiger partial charge in [-0.25, -0.2) is 14.4 Å². The van der Waals surface area contributed by atoms with E-state index in [2.05, 4.69) is 0 Å². The summed E-state index contributed by atoms with van der Waals surface area (Å²) < 4.78 is 17.8. The van der Waals surface area contributed by atoms with E-state index >= 15 is 0 Å². The number of hydrogen-bond acceptors (Lipinski definition) is 9. The van der Waals surface area contributed by atoms with Gasteiger partial charge in [0, 0.05) is 21.1 Å². The third-order valence-electron chi connectivity index (χ3n) is 9.84. The number of amides is 3. The monoisotopic (exact) mass is 681 g/mol. The number of likely N-dealkylation sites (N-methyl/N-ethyl adjacent to an activating group) is 3. The van der Waals surface area contributed by atoms with E-state index in [1.807, 2.05) is 20.8 Å². The molecular weight excluding hydrogens is 618 g/mol. The van der Waals surface area contributed by atoms with Gasteiger partial charge in [-0.2, -0.15) is 0 Å². The summed E-state index contributed by atoms with van der Waals surface area (Å²) in [5, 5.41) is 0. The largest absolute Gasteiger partial charge is 0.450 e. The van der Waals surface area contributed by atoms with Gasteiger partial charge in [0.25, 0.3) is 17.7 Å². The fourth-order valence-electron chi connectivity index (χ4n) is 6.00. The minimum absolute atomic E-state index is 0.381. The molecular formula is C36H63N3O9. The van der Waals surface area contributed by atoms with Crippen LogP contribution in [0.1, 0.15) is 102 Å². The maximum Gasteiger partial charge on any atom is 0.329 e. The van der Waals surface area contributed by atoms with Crippen LogP contribution in [-0.4, -0.2) is 108 Å². The van der Waals surface area contributed by atoms with Crippen LogP contribution in [0.2, 0.25) is 0 Å². The Kier molecular flexibility index (Phi) is 16.6. The van der Waals surface area contributed by atoms with Gasteiger partial charge in [-0.15, -0.1) is 0 Å². The van der Waals surface area contributed by atoms with E-state index in [4.69, 9.17) is 14.2 Å². The summed E-state index contributed by atoms with van der Waals surface area (Å²) in [7, 11) is 4.39. The number of hydrogen-bond donors (Lipinski definition) is 0. The number of ether oxygens (including phenoxy) is 3. The summed E-state index contributed by atoms with van der Waals surface area (Å²) in [6.45, 7) is 21.4. The van der Waals surface area contributed by atoms with Crippen molar-refractivity contribution in [3.8, 4) is 0 Å². The molecule has 9 atom stereocenters. The van der Waals surface area contributed by atoms with Gasteiger partial charge in [-0.05, 0) is 35.5 Å². The SMILES string of the molecule is CC[C@H](C)C1C(=O)O[C@H](C(C)C)C(=O)N(C)C([C@@H](C)CC)C(=O)O[C@H](C(C)C)C(=O)N(C)C([C@@H](C)CC)C(=O)O[C@H](C(C)C)C(=O)N1C. The van der Waals surface area contributed by atoms with Crippen LogP contribution in [0.4, 0.5) is 0 Å². The third-order valence-corrected chi connectivity index (χ3v) is 9.84. The topological polar surface area (TPSA) is 140 Å². The van der Waals surface area contributed by atoms with E-state index in [9.17, 15) is 28.8 Å². The van der Waals surface area contributed by atoms with Crippen molar-refractivity contribution in [2.45, 2.75) is 139 Å². The lowest BCUT2D eigenvalue weighted by Gasteiger charge is -2.39. The molecule has 1 aliphatic rings. The van der Waals surface area contributed by atoms with Gasteiger partial charge in [0.2, 0.25) is 0 Å². The van der Waals surface area contributed by atoms with Crippen LogP contribution in [0, 0.1) is 35.5 Å². The zero-order valence-electron chi connectivity index (χ0n) is 32.1. The number of rotatable bonds is 9. The molecule has 0 bridgehead atoms. The van der Waals surface area contributed by atoms with Crippen molar-refractivity contribution in [2.75, 3.05) is 21.1 Å². The molecule has 0 N–H and O–H groups in total. The molecule has 0 aromatic heterocycles. The second-order valence-electron chi connectivity index (χ2n) is 14.6. The van der Waals surface area contributed by atoms with Crippen molar-refractivity contribution in [1.29, 1.82) is 0 Å². The molecule has 0 spiro atoms. The van der Waals surface area contributed by atoms with Crippen LogP contribution in [0.25, 0.3) is 0 Å². The van der Waals surface area contributed by atoms with Gasteiger partial charge in [0.15, 0.2) is 18.3 Å². The molecule has 0 aromatic rings. The fourth-order valence-corrected chi connectivity index (χ4v) is 6.00. The van der Waals surface area contributed by atoms with Gasteiger partial charge >= 0.3 is 17.9 Å². The van der Waals surface area contributed by atoms with Crippen molar-refractivity contribution in [2.24, 2.45) is 35.5 Å². The summed E-state index contributed by atoms with van der Waals surface area (Å²) in [6, 6.07) is -3.30. The number of carbonyl (C=O) groups excluding carboxylic acids is 6. The highest BCUT2D eigenvalue weighted by atomic mass is 16.6. The Bertz CT molecular complexity index is 1000. The standard InChI is InChI=1S/C36H63N3O9/c1-16-22(10)25-34(43)46-29(20(6)7)32(41)38(14)27(24(12)18-3)36(45)48-30(21(8)9)33(42)39(15)26(23(11)17-2)35(44)47-28(19(4)5)31(40)37(25)13/h19-30H,16-18H2,1-15H3/t22-,23-,24-,25?,26?,27?,28+,29+,30+/m0/s1. The molecule has 0 aliphatic carbocycles. The predicted octanol–water partition coefficient (Wildman–Crippen LogP) is 4.32. The lowest BCUT2D eigenvalue weighted by molar-refractivity contribution is -0.182. The third kappa shape index (κ3) is 9.94. The summed E-state index contributed by atoms with van der Waals surface area (Å²) >= 11 is 0. The van der Waals surface area contributed by atoms with E-state index in [1.54, 1.807) is 62.3 Å². The second-order valence-corrected chi connectivity index (χ2v) is 14.6. The molecule has 276 valence electrons. The molecule has 1 heterocycles. The smallest absolute Gasteiger partial charge is 0.329 e. The zero-order valence-corrected chi connectivity index (χ0v) is 32.1. The lowest BCUT2D eigenvalue weighted by atomic mass is 9.94. The molecule has 0 aromatic carbocycles. The number of carbonyl (C=O) groups is 6. The number of nitrogens with zero attached hydrogens (tertiary/aromatic N) is 3. The second kappa shape index (κ2) is 18.5. The highest BCUT2D eigenvalue weighted by Crippen LogP contribution is 2.27. The maximum absolute atomic E-state index is 14.1. The van der Waals surface area contributed by atoms with Crippen molar-refractivity contribution < 1.29 is 43.0 Å². The Balaban J connectivity index is 4.04. The molecule has 0 radical (unpaired) electrons. The van der Waals surface area contributed by atoms with Crippen LogP contribution in [-0.2, 0) is 43.0 Å². The molecule has 1 fully saturated rings. The molecule has 12 nitrogen and oxygen atoms in total. The van der Waals surface area contributed by atoms with Crippen molar-refractivity contribution in [3.63, 3.8) is 0 Å². The molecule has 3 unspecified atom stereocenters. The Labute approximate surface area is 288 Å².